The molecule has 4 aromatic rings. The molecule has 2 aromatic carbocycles. The van der Waals surface area contributed by atoms with Crippen LogP contribution in [0.3, 0.4) is 0 Å². The number of rotatable bonds is 17. The molecule has 15 nitrogen and oxygen atoms in total. The van der Waals surface area contributed by atoms with Crippen LogP contribution < -0.4 is 26.0 Å². The van der Waals surface area contributed by atoms with Crippen molar-refractivity contribution in [3.8, 4) is 5.75 Å². The molecule has 4 heterocycles. The second-order valence-electron chi connectivity index (χ2n) is 15.4. The molecule has 1 unspecified atom stereocenters. The number of pyridine rings is 1. The fraction of sp³-hybridized carbons (Fsp3) is 0.429. The number of nitrogens with one attached hydrogen (secondary N) is 4. The Labute approximate surface area is 343 Å². The normalized spacial score (nSPS) is 15.6. The second kappa shape index (κ2) is 17.9. The Balaban J connectivity index is 0.956. The van der Waals surface area contributed by atoms with Gasteiger partial charge >= 0.3 is 6.18 Å². The second-order valence-corrected chi connectivity index (χ2v) is 15.4. The Morgan fingerprint density at radius 1 is 0.933 bits per heavy atom. The summed E-state index contributed by atoms with van der Waals surface area (Å²) in [5, 5.41) is 11.1. The fourth-order valence-corrected chi connectivity index (χ4v) is 7.24. The van der Waals surface area contributed by atoms with E-state index in [9.17, 15) is 41.9 Å². The van der Waals surface area contributed by atoms with Crippen molar-refractivity contribution in [2.24, 2.45) is 12.5 Å². The van der Waals surface area contributed by atoms with Crippen LogP contribution in [-0.2, 0) is 34.0 Å². The number of nitrogens with zero attached hydrogens (tertiary/aromatic N) is 4. The van der Waals surface area contributed by atoms with Crippen molar-refractivity contribution in [3.05, 3.63) is 76.9 Å². The summed E-state index contributed by atoms with van der Waals surface area (Å²) in [6, 6.07) is 10.3. The van der Waals surface area contributed by atoms with Gasteiger partial charge in [-0.15, -0.1) is 0 Å². The molecule has 0 spiro atoms. The van der Waals surface area contributed by atoms with Gasteiger partial charge in [0.2, 0.25) is 17.7 Å². The smallest absolute Gasteiger partial charge is 0.433 e. The summed E-state index contributed by atoms with van der Waals surface area (Å²) in [6.45, 7) is 6.78. The molecule has 2 aromatic heterocycles. The Hall–Kier alpha value is -6.33. The van der Waals surface area contributed by atoms with E-state index in [0.29, 0.717) is 54.2 Å². The average molecular weight is 833 g/mol. The summed E-state index contributed by atoms with van der Waals surface area (Å²) in [5.74, 6) is -2.16. The number of fused-ring (bicyclic) bond motifs is 2. The van der Waals surface area contributed by atoms with Crippen molar-refractivity contribution >= 4 is 57.9 Å². The first kappa shape index (κ1) is 43.3. The van der Waals surface area contributed by atoms with E-state index in [1.165, 1.54) is 6.07 Å². The van der Waals surface area contributed by atoms with E-state index in [2.05, 4.69) is 26.3 Å². The van der Waals surface area contributed by atoms with E-state index in [-0.39, 0.29) is 42.2 Å². The van der Waals surface area contributed by atoms with Gasteiger partial charge in [-0.05, 0) is 62.9 Å². The van der Waals surface area contributed by atoms with Gasteiger partial charge in [0.05, 0.1) is 34.5 Å². The van der Waals surface area contributed by atoms with Crippen molar-refractivity contribution in [1.29, 1.82) is 0 Å². The molecule has 0 aliphatic carbocycles. The van der Waals surface area contributed by atoms with Crippen molar-refractivity contribution in [2.45, 2.75) is 84.4 Å². The van der Waals surface area contributed by atoms with Crippen LogP contribution in [0.15, 0.2) is 48.5 Å². The van der Waals surface area contributed by atoms with Gasteiger partial charge in [0, 0.05) is 50.1 Å². The van der Waals surface area contributed by atoms with E-state index in [0.717, 1.165) is 42.7 Å². The lowest BCUT2D eigenvalue weighted by Gasteiger charge is -2.27. The fourth-order valence-electron chi connectivity index (χ4n) is 7.24. The number of alkyl halides is 3. The molecule has 18 heteroatoms. The number of carbonyl (C=O) groups is 6. The largest absolute Gasteiger partial charge is 0.492 e. The number of benzene rings is 2. The van der Waals surface area contributed by atoms with Gasteiger partial charge in [-0.2, -0.15) is 13.2 Å². The standard InChI is InChI=1S/C42H47F3N8O7/c1-5-60-31-23-27-30(22-28(31)50-36(55)26-14-11-15-32(48-26)42(43,44)45)52(4)33(49-27)18-19-41(2,3)40(59)47-21-9-7-6-8-20-46-25-13-10-12-24-35(25)39(58)53(38(24)57)29-16-17-34(54)51-37(29)56/h10-15,22-23,29,46H,5-9,16-21H2,1-4H3,(H,47,59)(H,50,55)(H,51,54,56). The van der Waals surface area contributed by atoms with Gasteiger partial charge in [-0.3, -0.25) is 39.0 Å². The third kappa shape index (κ3) is 9.42. The van der Waals surface area contributed by atoms with Crippen LogP contribution >= 0.6 is 0 Å². The first-order valence-corrected chi connectivity index (χ1v) is 19.8. The van der Waals surface area contributed by atoms with E-state index in [1.54, 1.807) is 44.3 Å². The number of aryl methyl sites for hydroxylation is 2. The molecular weight excluding hydrogens is 786 g/mol. The number of imidazole rings is 1. The average Bonchev–Trinajstić information content (AvgIpc) is 3.65. The summed E-state index contributed by atoms with van der Waals surface area (Å²) >= 11 is 0. The predicted molar refractivity (Wildman–Crippen MR) is 214 cm³/mol. The third-order valence-corrected chi connectivity index (χ3v) is 10.7. The number of hydrogen-bond donors (Lipinski definition) is 4. The van der Waals surface area contributed by atoms with Gasteiger partial charge in [-0.25, -0.2) is 9.97 Å². The summed E-state index contributed by atoms with van der Waals surface area (Å²) in [5.41, 5.74) is 0.107. The number of piperidine rings is 1. The molecule has 4 N–H and O–H groups in total. The van der Waals surface area contributed by atoms with Crippen LogP contribution in [0, 0.1) is 5.41 Å². The van der Waals surface area contributed by atoms with Crippen LogP contribution in [-0.4, -0.2) is 80.6 Å². The topological polar surface area (TPSA) is 194 Å². The maximum atomic E-state index is 13.3. The first-order chi connectivity index (χ1) is 28.5. The van der Waals surface area contributed by atoms with Crippen LogP contribution in [0.4, 0.5) is 24.5 Å². The Morgan fingerprint density at radius 3 is 2.38 bits per heavy atom. The number of halogens is 3. The Bertz CT molecular complexity index is 2340. The lowest BCUT2D eigenvalue weighted by Crippen LogP contribution is -2.54. The molecule has 6 rings (SSSR count). The summed E-state index contributed by atoms with van der Waals surface area (Å²) in [6.07, 6.45) is -0.415. The highest BCUT2D eigenvalue weighted by Crippen LogP contribution is 2.34. The molecule has 0 bridgehead atoms. The molecule has 2 aliphatic heterocycles. The van der Waals surface area contributed by atoms with E-state index >= 15 is 0 Å². The van der Waals surface area contributed by atoms with Crippen LogP contribution in [0.2, 0.25) is 0 Å². The number of anilines is 2. The third-order valence-electron chi connectivity index (χ3n) is 10.7. The maximum Gasteiger partial charge on any atom is 0.433 e. The first-order valence-electron chi connectivity index (χ1n) is 19.8. The SMILES string of the molecule is CCOc1cc2nc(CCC(C)(C)C(=O)NCCCCCCNc3cccc4c3C(=O)N(C3CCC(=O)NC3=O)C4=O)n(C)c2cc1NC(=O)c1cccc(C(F)(F)F)n1. The zero-order valence-electron chi connectivity index (χ0n) is 33.8. The molecule has 0 saturated carbocycles. The van der Waals surface area contributed by atoms with E-state index in [4.69, 9.17) is 9.72 Å². The van der Waals surface area contributed by atoms with E-state index < -0.39 is 58.6 Å². The molecular formula is C42H47F3N8O7. The molecule has 60 heavy (non-hydrogen) atoms. The minimum Gasteiger partial charge on any atom is -0.492 e. The summed E-state index contributed by atoms with van der Waals surface area (Å²) < 4.78 is 47.2. The molecule has 6 amide bonds. The molecule has 1 atom stereocenters. The van der Waals surface area contributed by atoms with Crippen molar-refractivity contribution in [2.75, 3.05) is 30.3 Å². The van der Waals surface area contributed by atoms with Gasteiger partial charge in [-0.1, -0.05) is 38.8 Å². The summed E-state index contributed by atoms with van der Waals surface area (Å²) in [4.78, 5) is 85.8. The summed E-state index contributed by atoms with van der Waals surface area (Å²) in [7, 11) is 1.80. The van der Waals surface area contributed by atoms with Gasteiger partial charge in [0.1, 0.15) is 29.0 Å². The molecule has 2 aliphatic rings. The zero-order chi connectivity index (χ0) is 43.4. The van der Waals surface area contributed by atoms with Crippen LogP contribution in [0.25, 0.3) is 11.0 Å². The predicted octanol–water partition coefficient (Wildman–Crippen LogP) is 5.79. The van der Waals surface area contributed by atoms with Crippen molar-refractivity contribution < 1.29 is 46.7 Å². The van der Waals surface area contributed by atoms with Gasteiger partial charge in [0.15, 0.2) is 0 Å². The lowest BCUT2D eigenvalue weighted by atomic mass is 9.86. The number of imide groups is 2. The number of hydrogen-bond acceptors (Lipinski definition) is 10. The number of amides is 6. The zero-order valence-corrected chi connectivity index (χ0v) is 33.8. The van der Waals surface area contributed by atoms with Gasteiger partial charge < -0.3 is 25.3 Å². The van der Waals surface area contributed by atoms with E-state index in [1.807, 2.05) is 18.4 Å². The number of carbonyl (C=O) groups excluding carboxylic acids is 6. The highest BCUT2D eigenvalue weighted by Gasteiger charge is 2.45. The lowest BCUT2D eigenvalue weighted by molar-refractivity contribution is -0.141. The molecule has 1 fully saturated rings. The Kier molecular flexibility index (Phi) is 12.9. The highest BCUT2D eigenvalue weighted by molar-refractivity contribution is 6.25. The highest BCUT2D eigenvalue weighted by atomic mass is 19.4. The number of ether oxygens (including phenoxy) is 1. The molecule has 1 saturated heterocycles. The minimum atomic E-state index is -4.71. The monoisotopic (exact) mass is 832 g/mol. The van der Waals surface area contributed by atoms with Crippen LogP contribution in [0.1, 0.15) is 108 Å². The quantitative estimate of drug-likeness (QED) is 0.0748. The number of aromatic nitrogens is 3. The number of unbranched alkanes of at least 4 members (excludes halogenated alkanes) is 3. The van der Waals surface area contributed by atoms with Gasteiger partial charge in [0.25, 0.3) is 17.7 Å². The van der Waals surface area contributed by atoms with Crippen molar-refractivity contribution in [1.82, 2.24) is 30.1 Å². The molecule has 0 radical (unpaired) electrons. The molecule has 318 valence electrons. The van der Waals surface area contributed by atoms with Crippen LogP contribution in [0.5, 0.6) is 5.75 Å². The maximum absolute atomic E-state index is 13.3. The van der Waals surface area contributed by atoms with Crippen molar-refractivity contribution in [3.63, 3.8) is 0 Å². The Morgan fingerprint density at radius 2 is 1.67 bits per heavy atom. The minimum absolute atomic E-state index is 0.0471.